The number of hydrogen-bond acceptors (Lipinski definition) is 3. The topological polar surface area (TPSA) is 83.8 Å². The normalized spacial score (nSPS) is 10.5. The molecular weight excluding hydrogens is 247 g/mol. The second kappa shape index (κ2) is 5.09. The van der Waals surface area contributed by atoms with E-state index in [-0.39, 0.29) is 11.5 Å². The van der Waals surface area contributed by atoms with Crippen molar-refractivity contribution < 1.29 is 9.18 Å². The molecule has 0 saturated heterocycles. The predicted molar refractivity (Wildman–Crippen MR) is 71.5 cm³/mol. The lowest BCUT2D eigenvalue weighted by Gasteiger charge is -2.05. The average molecular weight is 262 g/mol. The standard InChI is InChI=1S/C13H15FN4O/c1-3-10-11(15)12(18-17-10)13(19)16-8-5-4-7(2)9(14)6-8/h4-6H,3,15H2,1-2H3,(H,16,19)(H,17,18). The minimum atomic E-state index is -0.461. The third-order valence-electron chi connectivity index (χ3n) is 2.88. The van der Waals surface area contributed by atoms with Gasteiger partial charge in [0.2, 0.25) is 0 Å². The third-order valence-corrected chi connectivity index (χ3v) is 2.88. The van der Waals surface area contributed by atoms with Gasteiger partial charge >= 0.3 is 0 Å². The second-order valence-corrected chi connectivity index (χ2v) is 4.24. The maximum atomic E-state index is 13.4. The van der Waals surface area contributed by atoms with Crippen molar-refractivity contribution in [2.45, 2.75) is 20.3 Å². The Bertz CT molecular complexity index is 621. The number of benzene rings is 1. The molecule has 0 bridgehead atoms. The highest BCUT2D eigenvalue weighted by atomic mass is 19.1. The Balaban J connectivity index is 2.20. The van der Waals surface area contributed by atoms with Crippen molar-refractivity contribution in [1.82, 2.24) is 10.2 Å². The first kappa shape index (κ1) is 13.1. The van der Waals surface area contributed by atoms with Gasteiger partial charge in [0, 0.05) is 5.69 Å². The molecule has 1 heterocycles. The van der Waals surface area contributed by atoms with E-state index in [2.05, 4.69) is 15.5 Å². The highest BCUT2D eigenvalue weighted by molar-refractivity contribution is 6.06. The van der Waals surface area contributed by atoms with Gasteiger partial charge in [0.25, 0.3) is 5.91 Å². The number of halogens is 1. The maximum Gasteiger partial charge on any atom is 0.278 e. The first-order valence-electron chi connectivity index (χ1n) is 5.93. The molecule has 100 valence electrons. The van der Waals surface area contributed by atoms with Gasteiger partial charge in [-0.3, -0.25) is 9.89 Å². The summed E-state index contributed by atoms with van der Waals surface area (Å²) in [5.41, 5.74) is 7.84. The molecule has 0 fully saturated rings. The van der Waals surface area contributed by atoms with Crippen LogP contribution in [-0.2, 0) is 6.42 Å². The number of aryl methyl sites for hydroxylation is 2. The molecule has 0 unspecified atom stereocenters. The van der Waals surface area contributed by atoms with Crippen molar-refractivity contribution in [2.75, 3.05) is 11.1 Å². The fourth-order valence-corrected chi connectivity index (χ4v) is 1.69. The third kappa shape index (κ3) is 2.57. The number of nitrogens with one attached hydrogen (secondary N) is 2. The van der Waals surface area contributed by atoms with E-state index in [9.17, 15) is 9.18 Å². The number of anilines is 2. The van der Waals surface area contributed by atoms with Crippen molar-refractivity contribution >= 4 is 17.3 Å². The van der Waals surface area contributed by atoms with Gasteiger partial charge in [-0.15, -0.1) is 0 Å². The van der Waals surface area contributed by atoms with Crippen LogP contribution in [0.2, 0.25) is 0 Å². The molecule has 5 nitrogen and oxygen atoms in total. The van der Waals surface area contributed by atoms with Crippen LogP contribution in [0.4, 0.5) is 15.8 Å². The van der Waals surface area contributed by atoms with Crippen LogP contribution >= 0.6 is 0 Å². The fraction of sp³-hybridized carbons (Fsp3) is 0.231. The molecule has 2 aromatic rings. The monoisotopic (exact) mass is 262 g/mol. The lowest BCUT2D eigenvalue weighted by atomic mass is 10.2. The van der Waals surface area contributed by atoms with Gasteiger partial charge in [0.1, 0.15) is 5.82 Å². The molecular formula is C13H15FN4O. The van der Waals surface area contributed by atoms with Gasteiger partial charge in [-0.1, -0.05) is 13.0 Å². The molecule has 0 aliphatic rings. The largest absolute Gasteiger partial charge is 0.395 e. The molecule has 19 heavy (non-hydrogen) atoms. The quantitative estimate of drug-likeness (QED) is 0.793. The summed E-state index contributed by atoms with van der Waals surface area (Å²) in [5, 5.41) is 9.13. The lowest BCUT2D eigenvalue weighted by molar-refractivity contribution is 0.102. The Hall–Kier alpha value is -2.37. The van der Waals surface area contributed by atoms with Crippen LogP contribution in [0.1, 0.15) is 28.7 Å². The summed E-state index contributed by atoms with van der Waals surface area (Å²) >= 11 is 0. The molecule has 6 heteroatoms. The minimum absolute atomic E-state index is 0.123. The molecule has 0 aliphatic carbocycles. The first-order chi connectivity index (χ1) is 9.02. The number of carbonyl (C=O) groups excluding carboxylic acids is 1. The Morgan fingerprint density at radius 1 is 1.53 bits per heavy atom. The molecule has 0 radical (unpaired) electrons. The van der Waals surface area contributed by atoms with E-state index in [0.717, 1.165) is 0 Å². The number of nitrogen functional groups attached to an aromatic ring is 1. The molecule has 4 N–H and O–H groups in total. The predicted octanol–water partition coefficient (Wildman–Crippen LogP) is 2.25. The Kier molecular flexibility index (Phi) is 3.50. The zero-order chi connectivity index (χ0) is 14.0. The molecule has 2 rings (SSSR count). The van der Waals surface area contributed by atoms with E-state index in [1.165, 1.54) is 6.07 Å². The number of amides is 1. The van der Waals surface area contributed by atoms with E-state index in [0.29, 0.717) is 29.1 Å². The van der Waals surface area contributed by atoms with Crippen LogP contribution in [0, 0.1) is 12.7 Å². The number of rotatable bonds is 3. The highest BCUT2D eigenvalue weighted by Crippen LogP contribution is 2.18. The van der Waals surface area contributed by atoms with E-state index >= 15 is 0 Å². The summed E-state index contributed by atoms with van der Waals surface area (Å²) in [5.74, 6) is -0.834. The lowest BCUT2D eigenvalue weighted by Crippen LogP contribution is -2.14. The number of H-pyrrole nitrogens is 1. The summed E-state index contributed by atoms with van der Waals surface area (Å²) in [6.45, 7) is 3.56. The minimum Gasteiger partial charge on any atom is -0.395 e. The maximum absolute atomic E-state index is 13.4. The molecule has 1 aromatic heterocycles. The Morgan fingerprint density at radius 3 is 2.84 bits per heavy atom. The number of aromatic nitrogens is 2. The van der Waals surface area contributed by atoms with Crippen LogP contribution < -0.4 is 11.1 Å². The Morgan fingerprint density at radius 2 is 2.26 bits per heavy atom. The average Bonchev–Trinajstić information content (AvgIpc) is 2.75. The molecule has 0 atom stereocenters. The van der Waals surface area contributed by atoms with E-state index < -0.39 is 5.91 Å². The Labute approximate surface area is 110 Å². The molecule has 0 saturated carbocycles. The second-order valence-electron chi connectivity index (χ2n) is 4.24. The zero-order valence-electron chi connectivity index (χ0n) is 10.7. The molecule has 0 spiro atoms. The van der Waals surface area contributed by atoms with Crippen LogP contribution in [0.25, 0.3) is 0 Å². The van der Waals surface area contributed by atoms with Gasteiger partial charge in [-0.2, -0.15) is 5.10 Å². The number of nitrogens with two attached hydrogens (primary N) is 1. The van der Waals surface area contributed by atoms with Crippen molar-refractivity contribution in [1.29, 1.82) is 0 Å². The molecule has 1 amide bonds. The molecule has 1 aromatic carbocycles. The van der Waals surface area contributed by atoms with Crippen molar-refractivity contribution in [3.63, 3.8) is 0 Å². The van der Waals surface area contributed by atoms with E-state index in [1.807, 2.05) is 6.92 Å². The summed E-state index contributed by atoms with van der Waals surface area (Å²) in [4.78, 5) is 12.0. The van der Waals surface area contributed by atoms with Crippen molar-refractivity contribution in [3.8, 4) is 0 Å². The van der Waals surface area contributed by atoms with Crippen LogP contribution in [0.3, 0.4) is 0 Å². The van der Waals surface area contributed by atoms with Crippen LogP contribution in [-0.4, -0.2) is 16.1 Å². The SMILES string of the molecule is CCc1[nH]nc(C(=O)Nc2ccc(C)c(F)c2)c1N. The van der Waals surface area contributed by atoms with Gasteiger partial charge in [0.05, 0.1) is 11.4 Å². The zero-order valence-corrected chi connectivity index (χ0v) is 10.7. The number of aromatic amines is 1. The molecule has 0 aliphatic heterocycles. The first-order valence-corrected chi connectivity index (χ1v) is 5.93. The van der Waals surface area contributed by atoms with Crippen LogP contribution in [0.5, 0.6) is 0 Å². The summed E-state index contributed by atoms with van der Waals surface area (Å²) < 4.78 is 13.4. The van der Waals surface area contributed by atoms with Crippen molar-refractivity contribution in [3.05, 3.63) is 41.0 Å². The van der Waals surface area contributed by atoms with Gasteiger partial charge < -0.3 is 11.1 Å². The van der Waals surface area contributed by atoms with E-state index in [4.69, 9.17) is 5.73 Å². The number of hydrogen-bond donors (Lipinski definition) is 3. The summed E-state index contributed by atoms with van der Waals surface area (Å²) in [6.07, 6.45) is 0.658. The van der Waals surface area contributed by atoms with Gasteiger partial charge in [-0.25, -0.2) is 4.39 Å². The van der Waals surface area contributed by atoms with E-state index in [1.54, 1.807) is 19.1 Å². The fourth-order valence-electron chi connectivity index (χ4n) is 1.69. The number of carbonyl (C=O) groups is 1. The van der Waals surface area contributed by atoms with Gasteiger partial charge in [0.15, 0.2) is 5.69 Å². The van der Waals surface area contributed by atoms with Gasteiger partial charge in [-0.05, 0) is 31.0 Å². The summed E-state index contributed by atoms with van der Waals surface area (Å²) in [7, 11) is 0. The van der Waals surface area contributed by atoms with Crippen LogP contribution in [0.15, 0.2) is 18.2 Å². The smallest absolute Gasteiger partial charge is 0.278 e. The van der Waals surface area contributed by atoms with Crippen molar-refractivity contribution in [2.24, 2.45) is 0 Å². The highest BCUT2D eigenvalue weighted by Gasteiger charge is 2.16. The number of nitrogens with zero attached hydrogens (tertiary/aromatic N) is 1. The summed E-state index contributed by atoms with van der Waals surface area (Å²) in [6, 6.07) is 4.48.